The third-order valence-corrected chi connectivity index (χ3v) is 5.90. The highest BCUT2D eigenvalue weighted by Gasteiger charge is 2.37. The molecule has 0 N–H and O–H groups in total. The number of rotatable bonds is 2. The Hall–Kier alpha value is -2.31. The van der Waals surface area contributed by atoms with Crippen molar-refractivity contribution in [3.8, 4) is 0 Å². The molecular formula is C20H17ClN2O3S. The van der Waals surface area contributed by atoms with Crippen molar-refractivity contribution >= 4 is 46.1 Å². The van der Waals surface area contributed by atoms with Crippen LogP contribution in [-0.4, -0.2) is 34.9 Å². The van der Waals surface area contributed by atoms with E-state index in [1.165, 1.54) is 16.7 Å². The van der Waals surface area contributed by atoms with Gasteiger partial charge in [0.1, 0.15) is 0 Å². The Morgan fingerprint density at radius 2 is 1.96 bits per heavy atom. The number of esters is 1. The van der Waals surface area contributed by atoms with Crippen molar-refractivity contribution in [1.82, 2.24) is 0 Å². The van der Waals surface area contributed by atoms with Crippen LogP contribution < -0.4 is 4.90 Å². The van der Waals surface area contributed by atoms with E-state index in [0.29, 0.717) is 27.9 Å². The lowest BCUT2D eigenvalue weighted by Gasteiger charge is -2.29. The van der Waals surface area contributed by atoms with Gasteiger partial charge < -0.3 is 4.74 Å². The summed E-state index contributed by atoms with van der Waals surface area (Å²) in [6.07, 6.45) is -0.541. The molecule has 0 bridgehead atoms. The second-order valence-corrected chi connectivity index (χ2v) is 7.90. The molecule has 2 heterocycles. The number of cyclic esters (lactones) is 1. The zero-order chi connectivity index (χ0) is 19.0. The fourth-order valence-corrected chi connectivity index (χ4v) is 4.29. The van der Waals surface area contributed by atoms with Crippen molar-refractivity contribution in [1.29, 1.82) is 0 Å². The Balaban J connectivity index is 1.68. The maximum absolute atomic E-state index is 13.4. The number of thioether (sulfide) groups is 1. The molecule has 138 valence electrons. The summed E-state index contributed by atoms with van der Waals surface area (Å²) >= 11 is 7.51. The number of hydrogen-bond donors (Lipinski definition) is 0. The highest BCUT2D eigenvalue weighted by Crippen LogP contribution is 2.30. The Morgan fingerprint density at radius 1 is 1.22 bits per heavy atom. The zero-order valence-electron chi connectivity index (χ0n) is 14.6. The van der Waals surface area contributed by atoms with Crippen LogP contribution in [-0.2, 0) is 16.0 Å². The summed E-state index contributed by atoms with van der Waals surface area (Å²) in [6.45, 7) is 2.00. The number of aliphatic imine (C=N–C) groups is 1. The minimum Gasteiger partial charge on any atom is -0.448 e. The zero-order valence-corrected chi connectivity index (χ0v) is 16.2. The molecule has 2 aromatic rings. The molecule has 0 fully saturated rings. The quantitative estimate of drug-likeness (QED) is 0.716. The predicted molar refractivity (Wildman–Crippen MR) is 108 cm³/mol. The first kappa shape index (κ1) is 18.1. The molecule has 2 atom stereocenters. The van der Waals surface area contributed by atoms with Gasteiger partial charge in [-0.05, 0) is 42.8 Å². The molecule has 0 unspecified atom stereocenters. The largest absolute Gasteiger partial charge is 0.448 e. The molecule has 0 saturated heterocycles. The van der Waals surface area contributed by atoms with Crippen LogP contribution in [0, 0.1) is 0 Å². The van der Waals surface area contributed by atoms with Crippen molar-refractivity contribution in [2.24, 2.45) is 4.99 Å². The second-order valence-electron chi connectivity index (χ2n) is 6.48. The van der Waals surface area contributed by atoms with Gasteiger partial charge in [0.2, 0.25) is 0 Å². The number of amidine groups is 1. The van der Waals surface area contributed by atoms with Crippen molar-refractivity contribution in [3.63, 3.8) is 0 Å². The number of carbonyl (C=O) groups excluding carboxylic acids is 2. The second kappa shape index (κ2) is 7.37. The molecule has 5 nitrogen and oxygen atoms in total. The number of hydrogen-bond acceptors (Lipinski definition) is 5. The van der Waals surface area contributed by atoms with Gasteiger partial charge in [0.25, 0.3) is 5.91 Å². The maximum atomic E-state index is 13.4. The Morgan fingerprint density at radius 3 is 2.67 bits per heavy atom. The summed E-state index contributed by atoms with van der Waals surface area (Å²) in [7, 11) is 0. The SMILES string of the molecule is C[C@H]1CSC(N(C(=O)[C@@H]2Cc3ccccc3C(=O)O2)c2ccc(Cl)cc2)=N1. The average Bonchev–Trinajstić information content (AvgIpc) is 3.09. The third kappa shape index (κ3) is 3.59. The first-order chi connectivity index (χ1) is 13.0. The van der Waals surface area contributed by atoms with Crippen LogP contribution in [0.4, 0.5) is 5.69 Å². The summed E-state index contributed by atoms with van der Waals surface area (Å²) in [5, 5.41) is 1.20. The standard InChI is InChI=1S/C20H17ClN2O3S/c1-12-11-27-20(22-12)23(15-8-6-14(21)7-9-15)18(24)17-10-13-4-2-3-5-16(13)19(25)26-17/h2-9,12,17H,10-11H2,1H3/t12-,17-/m0/s1. The van der Waals surface area contributed by atoms with E-state index in [0.717, 1.165) is 11.3 Å². The van der Waals surface area contributed by atoms with E-state index in [-0.39, 0.29) is 11.9 Å². The molecule has 4 rings (SSSR count). The fourth-order valence-electron chi connectivity index (χ4n) is 3.12. The van der Waals surface area contributed by atoms with Crippen LogP contribution in [0.1, 0.15) is 22.8 Å². The van der Waals surface area contributed by atoms with E-state index in [9.17, 15) is 9.59 Å². The van der Waals surface area contributed by atoms with Gasteiger partial charge >= 0.3 is 5.97 Å². The van der Waals surface area contributed by atoms with E-state index in [1.807, 2.05) is 19.1 Å². The molecule has 7 heteroatoms. The van der Waals surface area contributed by atoms with Crippen molar-refractivity contribution in [3.05, 3.63) is 64.7 Å². The third-order valence-electron chi connectivity index (χ3n) is 4.45. The highest BCUT2D eigenvalue weighted by molar-refractivity contribution is 8.14. The van der Waals surface area contributed by atoms with Crippen LogP contribution in [0.25, 0.3) is 0 Å². The summed E-state index contributed by atoms with van der Waals surface area (Å²) in [4.78, 5) is 31.8. The molecule has 0 aromatic heterocycles. The number of nitrogens with zero attached hydrogens (tertiary/aromatic N) is 2. The van der Waals surface area contributed by atoms with Crippen LogP contribution in [0.5, 0.6) is 0 Å². The number of carbonyl (C=O) groups is 2. The first-order valence-electron chi connectivity index (χ1n) is 8.62. The van der Waals surface area contributed by atoms with Crippen LogP contribution in [0.3, 0.4) is 0 Å². The smallest absolute Gasteiger partial charge is 0.339 e. The Kier molecular flexibility index (Phi) is 4.93. The van der Waals surface area contributed by atoms with Gasteiger partial charge in [-0.1, -0.05) is 41.6 Å². The number of halogens is 1. The summed E-state index contributed by atoms with van der Waals surface area (Å²) in [5.41, 5.74) is 1.98. The lowest BCUT2D eigenvalue weighted by Crippen LogP contribution is -2.46. The fraction of sp³-hybridized carbons (Fsp3) is 0.250. The summed E-state index contributed by atoms with van der Waals surface area (Å²) < 4.78 is 5.47. The number of anilines is 1. The van der Waals surface area contributed by atoms with E-state index in [2.05, 4.69) is 4.99 Å². The Bertz CT molecular complexity index is 929. The molecule has 2 aliphatic rings. The minimum atomic E-state index is -0.887. The van der Waals surface area contributed by atoms with E-state index in [4.69, 9.17) is 16.3 Å². The minimum absolute atomic E-state index is 0.127. The van der Waals surface area contributed by atoms with Gasteiger partial charge in [0.15, 0.2) is 11.3 Å². The molecule has 0 saturated carbocycles. The normalized spacial score (nSPS) is 21.3. The van der Waals surface area contributed by atoms with E-state index in [1.54, 1.807) is 36.4 Å². The molecule has 2 aromatic carbocycles. The van der Waals surface area contributed by atoms with Gasteiger partial charge in [-0.15, -0.1) is 0 Å². The van der Waals surface area contributed by atoms with Crippen LogP contribution in [0.2, 0.25) is 5.02 Å². The van der Waals surface area contributed by atoms with Gasteiger partial charge in [-0.25, -0.2) is 4.79 Å². The first-order valence-corrected chi connectivity index (χ1v) is 9.98. The number of benzene rings is 2. The summed E-state index contributed by atoms with van der Waals surface area (Å²) in [5.74, 6) is 0.0288. The highest BCUT2D eigenvalue weighted by atomic mass is 35.5. The van der Waals surface area contributed by atoms with Crippen LogP contribution in [0.15, 0.2) is 53.5 Å². The Labute approximate surface area is 166 Å². The van der Waals surface area contributed by atoms with E-state index < -0.39 is 12.1 Å². The number of ether oxygens (including phenoxy) is 1. The number of fused-ring (bicyclic) bond motifs is 1. The molecule has 0 spiro atoms. The molecular weight excluding hydrogens is 384 g/mol. The molecule has 0 radical (unpaired) electrons. The van der Waals surface area contributed by atoms with E-state index >= 15 is 0 Å². The van der Waals surface area contributed by atoms with Gasteiger partial charge in [0.05, 0.1) is 17.3 Å². The molecule has 0 aliphatic carbocycles. The molecule has 2 aliphatic heterocycles. The molecule has 1 amide bonds. The summed E-state index contributed by atoms with van der Waals surface area (Å²) in [6, 6.07) is 14.3. The van der Waals surface area contributed by atoms with Crippen LogP contribution >= 0.6 is 23.4 Å². The maximum Gasteiger partial charge on any atom is 0.339 e. The monoisotopic (exact) mass is 400 g/mol. The topological polar surface area (TPSA) is 59.0 Å². The van der Waals surface area contributed by atoms with Crippen molar-refractivity contribution in [2.45, 2.75) is 25.5 Å². The average molecular weight is 401 g/mol. The van der Waals surface area contributed by atoms with Crippen molar-refractivity contribution in [2.75, 3.05) is 10.7 Å². The lowest BCUT2D eigenvalue weighted by molar-refractivity contribution is -0.126. The van der Waals surface area contributed by atoms with Gasteiger partial charge in [-0.3, -0.25) is 14.7 Å². The number of amides is 1. The molecule has 27 heavy (non-hydrogen) atoms. The van der Waals surface area contributed by atoms with Crippen molar-refractivity contribution < 1.29 is 14.3 Å². The van der Waals surface area contributed by atoms with Gasteiger partial charge in [0, 0.05) is 17.2 Å². The van der Waals surface area contributed by atoms with Gasteiger partial charge in [-0.2, -0.15) is 0 Å². The lowest BCUT2D eigenvalue weighted by atomic mass is 9.98. The predicted octanol–water partition coefficient (Wildman–Crippen LogP) is 3.95.